The van der Waals surface area contributed by atoms with Gasteiger partial charge in [-0.15, -0.1) is 0 Å². The summed E-state index contributed by atoms with van der Waals surface area (Å²) >= 11 is 0. The molecule has 31 heavy (non-hydrogen) atoms. The van der Waals surface area contributed by atoms with Crippen LogP contribution in [-0.2, 0) is 16.6 Å². The van der Waals surface area contributed by atoms with E-state index in [1.165, 1.54) is 0 Å². The SMILES string of the molecule is CO[C@@H]1CN(C)C[C@H]1COc1cnn(C)c1-c1ccn2nc(NC(=O)C3CC3)cc2c1. The van der Waals surface area contributed by atoms with Gasteiger partial charge in [0.15, 0.2) is 11.6 Å². The number of carbonyl (C=O) groups is 1. The first-order chi connectivity index (χ1) is 15.0. The lowest BCUT2D eigenvalue weighted by molar-refractivity contribution is -0.117. The number of likely N-dealkylation sites (tertiary alicyclic amines) is 1. The van der Waals surface area contributed by atoms with E-state index in [0.717, 1.165) is 48.5 Å². The van der Waals surface area contributed by atoms with Crippen LogP contribution in [0.1, 0.15) is 12.8 Å². The van der Waals surface area contributed by atoms with Gasteiger partial charge in [-0.2, -0.15) is 10.2 Å². The first kappa shape index (κ1) is 20.0. The number of rotatable bonds is 7. The van der Waals surface area contributed by atoms with Crippen LogP contribution >= 0.6 is 0 Å². The maximum atomic E-state index is 12.0. The average Bonchev–Trinajstić information content (AvgIpc) is 3.29. The molecule has 164 valence electrons. The van der Waals surface area contributed by atoms with Gasteiger partial charge in [-0.3, -0.25) is 9.48 Å². The normalized spacial score (nSPS) is 21.6. The summed E-state index contributed by atoms with van der Waals surface area (Å²) < 4.78 is 15.4. The second-order valence-corrected chi connectivity index (χ2v) is 8.63. The van der Waals surface area contributed by atoms with E-state index in [1.54, 1.807) is 17.8 Å². The fourth-order valence-electron chi connectivity index (χ4n) is 4.30. The van der Waals surface area contributed by atoms with Crippen LogP contribution in [0.4, 0.5) is 5.82 Å². The van der Waals surface area contributed by atoms with Crippen LogP contribution in [0.25, 0.3) is 16.8 Å². The van der Waals surface area contributed by atoms with Crippen molar-refractivity contribution in [3.63, 3.8) is 0 Å². The minimum absolute atomic E-state index is 0.0536. The van der Waals surface area contributed by atoms with Crippen LogP contribution < -0.4 is 10.1 Å². The fraction of sp³-hybridized carbons (Fsp3) is 0.500. The molecule has 0 radical (unpaired) electrons. The maximum absolute atomic E-state index is 12.0. The monoisotopic (exact) mass is 424 g/mol. The molecule has 3 aromatic heterocycles. The zero-order chi connectivity index (χ0) is 21.5. The minimum atomic E-state index is 0.0536. The molecule has 0 aromatic carbocycles. The molecule has 0 bridgehead atoms. The molecule has 9 nitrogen and oxygen atoms in total. The molecule has 2 atom stereocenters. The Morgan fingerprint density at radius 3 is 2.87 bits per heavy atom. The van der Waals surface area contributed by atoms with E-state index < -0.39 is 0 Å². The third-order valence-electron chi connectivity index (χ3n) is 6.16. The van der Waals surface area contributed by atoms with Crippen LogP contribution in [0.2, 0.25) is 0 Å². The molecule has 2 aliphatic rings. The molecule has 1 saturated heterocycles. The topological polar surface area (TPSA) is 85.9 Å². The predicted molar refractivity (Wildman–Crippen MR) is 116 cm³/mol. The van der Waals surface area contributed by atoms with Gasteiger partial charge >= 0.3 is 0 Å². The summed E-state index contributed by atoms with van der Waals surface area (Å²) in [5, 5.41) is 11.8. The van der Waals surface area contributed by atoms with Crippen LogP contribution in [0.15, 0.2) is 30.6 Å². The number of nitrogens with zero attached hydrogens (tertiary/aromatic N) is 5. The first-order valence-electron chi connectivity index (χ1n) is 10.7. The molecule has 1 saturated carbocycles. The van der Waals surface area contributed by atoms with Crippen molar-refractivity contribution in [2.24, 2.45) is 18.9 Å². The number of amides is 1. The molecular weight excluding hydrogens is 396 g/mol. The summed E-state index contributed by atoms with van der Waals surface area (Å²) in [6.07, 6.45) is 5.76. The van der Waals surface area contributed by atoms with Gasteiger partial charge in [-0.1, -0.05) is 0 Å². The van der Waals surface area contributed by atoms with E-state index >= 15 is 0 Å². The summed E-state index contributed by atoms with van der Waals surface area (Å²) in [5.41, 5.74) is 2.79. The third kappa shape index (κ3) is 4.03. The third-order valence-corrected chi connectivity index (χ3v) is 6.16. The number of hydrogen-bond acceptors (Lipinski definition) is 6. The Bertz CT molecular complexity index is 1100. The summed E-state index contributed by atoms with van der Waals surface area (Å²) in [6, 6.07) is 5.90. The Morgan fingerprint density at radius 1 is 1.26 bits per heavy atom. The van der Waals surface area contributed by atoms with Crippen LogP contribution in [-0.4, -0.2) is 70.2 Å². The second kappa shape index (κ2) is 7.97. The standard InChI is InChI=1S/C22H28N6O3/c1-26-11-16(19(12-26)30-3)13-31-18-10-23-27(2)21(18)15-6-7-28-17(8-15)9-20(25-28)24-22(29)14-4-5-14/h6-10,14,16,19H,4-5,11-13H2,1-3H3,(H,24,25,29)/t16-,19+/m0/s1. The quantitative estimate of drug-likeness (QED) is 0.625. The summed E-state index contributed by atoms with van der Waals surface area (Å²) in [7, 11) is 5.77. The fourth-order valence-corrected chi connectivity index (χ4v) is 4.30. The van der Waals surface area contributed by atoms with Gasteiger partial charge in [0.05, 0.1) is 24.4 Å². The molecule has 9 heteroatoms. The first-order valence-corrected chi connectivity index (χ1v) is 10.7. The van der Waals surface area contributed by atoms with Crippen molar-refractivity contribution in [2.75, 3.05) is 39.2 Å². The van der Waals surface area contributed by atoms with Gasteiger partial charge in [-0.05, 0) is 32.0 Å². The zero-order valence-electron chi connectivity index (χ0n) is 18.1. The van der Waals surface area contributed by atoms with Crippen molar-refractivity contribution < 1.29 is 14.3 Å². The van der Waals surface area contributed by atoms with E-state index in [9.17, 15) is 4.79 Å². The molecule has 1 aliphatic carbocycles. The number of pyridine rings is 1. The Balaban J connectivity index is 1.36. The number of hydrogen-bond donors (Lipinski definition) is 1. The van der Waals surface area contributed by atoms with Crippen LogP contribution in [0.5, 0.6) is 5.75 Å². The highest BCUT2D eigenvalue weighted by atomic mass is 16.5. The predicted octanol–water partition coefficient (Wildman–Crippen LogP) is 2.04. The number of aryl methyl sites for hydroxylation is 1. The second-order valence-electron chi connectivity index (χ2n) is 8.63. The molecule has 1 aliphatic heterocycles. The highest BCUT2D eigenvalue weighted by Gasteiger charge is 2.32. The van der Waals surface area contributed by atoms with Crippen molar-refractivity contribution in [1.29, 1.82) is 0 Å². The molecule has 0 spiro atoms. The number of aromatic nitrogens is 4. The minimum Gasteiger partial charge on any atom is -0.489 e. The van der Waals surface area contributed by atoms with Crippen LogP contribution in [0, 0.1) is 11.8 Å². The number of carbonyl (C=O) groups excluding carboxylic acids is 1. The van der Waals surface area contributed by atoms with Crippen molar-refractivity contribution in [3.05, 3.63) is 30.6 Å². The van der Waals surface area contributed by atoms with Crippen molar-refractivity contribution in [1.82, 2.24) is 24.3 Å². The zero-order valence-corrected chi connectivity index (χ0v) is 18.1. The van der Waals surface area contributed by atoms with Gasteiger partial charge in [0.25, 0.3) is 0 Å². The summed E-state index contributed by atoms with van der Waals surface area (Å²) in [5.74, 6) is 1.84. The molecule has 1 N–H and O–H groups in total. The summed E-state index contributed by atoms with van der Waals surface area (Å²) in [6.45, 7) is 2.45. The van der Waals surface area contributed by atoms with Gasteiger partial charge in [0.2, 0.25) is 5.91 Å². The van der Waals surface area contributed by atoms with E-state index in [1.807, 2.05) is 36.1 Å². The largest absolute Gasteiger partial charge is 0.489 e. The molecule has 5 rings (SSSR count). The average molecular weight is 425 g/mol. The van der Waals surface area contributed by atoms with Gasteiger partial charge in [0, 0.05) is 56.9 Å². The van der Waals surface area contributed by atoms with E-state index in [-0.39, 0.29) is 17.9 Å². The van der Waals surface area contributed by atoms with Gasteiger partial charge in [0.1, 0.15) is 5.69 Å². The van der Waals surface area contributed by atoms with Crippen LogP contribution in [0.3, 0.4) is 0 Å². The lowest BCUT2D eigenvalue weighted by Crippen LogP contribution is -2.26. The molecule has 4 heterocycles. The van der Waals surface area contributed by atoms with Crippen molar-refractivity contribution in [3.8, 4) is 17.0 Å². The number of methoxy groups -OCH3 is 1. The smallest absolute Gasteiger partial charge is 0.228 e. The molecule has 1 amide bonds. The number of anilines is 1. The highest BCUT2D eigenvalue weighted by Crippen LogP contribution is 2.32. The number of ether oxygens (including phenoxy) is 2. The molecule has 0 unspecified atom stereocenters. The Hall–Kier alpha value is -2.91. The summed E-state index contributed by atoms with van der Waals surface area (Å²) in [4.78, 5) is 14.3. The highest BCUT2D eigenvalue weighted by molar-refractivity contribution is 5.93. The van der Waals surface area contributed by atoms with E-state index in [2.05, 4.69) is 27.5 Å². The van der Waals surface area contributed by atoms with Crippen molar-refractivity contribution >= 4 is 17.2 Å². The Kier molecular flexibility index (Phi) is 5.15. The Morgan fingerprint density at radius 2 is 2.10 bits per heavy atom. The maximum Gasteiger partial charge on any atom is 0.228 e. The lowest BCUT2D eigenvalue weighted by Gasteiger charge is -2.17. The van der Waals surface area contributed by atoms with E-state index in [0.29, 0.717) is 18.3 Å². The number of nitrogens with one attached hydrogen (secondary N) is 1. The molecule has 2 fully saturated rings. The Labute approximate surface area is 180 Å². The number of likely N-dealkylation sites (N-methyl/N-ethyl adjacent to an activating group) is 1. The van der Waals surface area contributed by atoms with E-state index in [4.69, 9.17) is 9.47 Å². The van der Waals surface area contributed by atoms with Gasteiger partial charge in [-0.25, -0.2) is 4.52 Å². The molecular formula is C22H28N6O3. The van der Waals surface area contributed by atoms with Crippen molar-refractivity contribution in [2.45, 2.75) is 18.9 Å². The molecule has 3 aromatic rings. The lowest BCUT2D eigenvalue weighted by atomic mass is 10.1. The number of fused-ring (bicyclic) bond motifs is 1. The van der Waals surface area contributed by atoms with Gasteiger partial charge < -0.3 is 19.7 Å².